The van der Waals surface area contributed by atoms with Gasteiger partial charge >= 0.3 is 0 Å². The topological polar surface area (TPSA) is 66.4 Å². The standard InChI is InChI=1S/C11H14ClNO3S/c1-11(7-17(15,16)6-10(11)14)13-9-5-3-2-4-8(9)12/h2-5,10,13-14H,6-7H2,1H3/t10-,11-/m0/s1. The van der Waals surface area contributed by atoms with Gasteiger partial charge in [-0.2, -0.15) is 0 Å². The zero-order valence-electron chi connectivity index (χ0n) is 9.35. The van der Waals surface area contributed by atoms with Crippen LogP contribution in [0.25, 0.3) is 0 Å². The maximum Gasteiger partial charge on any atom is 0.155 e. The molecule has 0 amide bonds. The second kappa shape index (κ2) is 4.15. The van der Waals surface area contributed by atoms with Crippen molar-refractivity contribution < 1.29 is 13.5 Å². The van der Waals surface area contributed by atoms with Gasteiger partial charge in [0.2, 0.25) is 0 Å². The highest BCUT2D eigenvalue weighted by atomic mass is 35.5. The minimum Gasteiger partial charge on any atom is -0.390 e. The number of hydrogen-bond acceptors (Lipinski definition) is 4. The van der Waals surface area contributed by atoms with Crippen molar-refractivity contribution >= 4 is 27.1 Å². The second-order valence-corrected chi connectivity index (χ2v) is 7.11. The van der Waals surface area contributed by atoms with Gasteiger partial charge in [-0.1, -0.05) is 23.7 Å². The van der Waals surface area contributed by atoms with Crippen molar-refractivity contribution in [2.45, 2.75) is 18.6 Å². The summed E-state index contributed by atoms with van der Waals surface area (Å²) in [6.45, 7) is 1.69. The highest BCUT2D eigenvalue weighted by Gasteiger charge is 2.46. The van der Waals surface area contributed by atoms with Gasteiger partial charge in [0.05, 0.1) is 33.9 Å². The molecule has 0 aromatic heterocycles. The summed E-state index contributed by atoms with van der Waals surface area (Å²) in [5.74, 6) is -0.298. The van der Waals surface area contributed by atoms with E-state index in [2.05, 4.69) is 5.32 Å². The van der Waals surface area contributed by atoms with Crippen molar-refractivity contribution in [3.8, 4) is 0 Å². The third kappa shape index (κ3) is 2.56. The summed E-state index contributed by atoms with van der Waals surface area (Å²) < 4.78 is 23.0. The molecule has 0 unspecified atom stereocenters. The Labute approximate surface area is 106 Å². The van der Waals surface area contributed by atoms with Gasteiger partial charge in [-0.25, -0.2) is 8.42 Å². The molecule has 1 aromatic rings. The van der Waals surface area contributed by atoms with Gasteiger partial charge in [0.25, 0.3) is 0 Å². The summed E-state index contributed by atoms with van der Waals surface area (Å²) in [7, 11) is -3.19. The first-order valence-corrected chi connectivity index (χ1v) is 7.44. The number of aliphatic hydroxyl groups excluding tert-OH is 1. The highest BCUT2D eigenvalue weighted by Crippen LogP contribution is 2.31. The lowest BCUT2D eigenvalue weighted by atomic mass is 9.98. The zero-order chi connectivity index (χ0) is 12.7. The van der Waals surface area contributed by atoms with Crippen LogP contribution in [-0.2, 0) is 9.84 Å². The average molecular weight is 276 g/mol. The van der Waals surface area contributed by atoms with E-state index in [0.29, 0.717) is 10.7 Å². The van der Waals surface area contributed by atoms with E-state index in [9.17, 15) is 13.5 Å². The van der Waals surface area contributed by atoms with Crippen molar-refractivity contribution in [1.29, 1.82) is 0 Å². The van der Waals surface area contributed by atoms with Crippen LogP contribution < -0.4 is 5.32 Å². The molecule has 2 atom stereocenters. The van der Waals surface area contributed by atoms with Crippen LogP contribution >= 0.6 is 11.6 Å². The number of anilines is 1. The molecule has 1 fully saturated rings. The van der Waals surface area contributed by atoms with Crippen LogP contribution in [0.2, 0.25) is 5.02 Å². The van der Waals surface area contributed by atoms with Gasteiger partial charge in [-0.15, -0.1) is 0 Å². The normalized spacial score (nSPS) is 31.4. The van der Waals surface area contributed by atoms with E-state index >= 15 is 0 Å². The Bertz CT molecular complexity index is 531. The SMILES string of the molecule is C[C@]1(Nc2ccccc2Cl)CS(=O)(=O)C[C@@H]1O. The van der Waals surface area contributed by atoms with Crippen molar-refractivity contribution in [2.75, 3.05) is 16.8 Å². The Morgan fingerprint density at radius 3 is 2.65 bits per heavy atom. The smallest absolute Gasteiger partial charge is 0.155 e. The minimum absolute atomic E-state index is 0.0909. The van der Waals surface area contributed by atoms with Crippen LogP contribution in [0.4, 0.5) is 5.69 Å². The zero-order valence-corrected chi connectivity index (χ0v) is 10.9. The average Bonchev–Trinajstić information content (AvgIpc) is 2.39. The molecule has 0 spiro atoms. The van der Waals surface area contributed by atoms with Crippen LogP contribution in [-0.4, -0.2) is 36.7 Å². The molecule has 1 saturated heterocycles. The van der Waals surface area contributed by atoms with Crippen molar-refractivity contribution in [3.05, 3.63) is 29.3 Å². The van der Waals surface area contributed by atoms with E-state index < -0.39 is 21.5 Å². The highest BCUT2D eigenvalue weighted by molar-refractivity contribution is 7.91. The lowest BCUT2D eigenvalue weighted by Gasteiger charge is -2.29. The number of benzene rings is 1. The monoisotopic (exact) mass is 275 g/mol. The first-order valence-electron chi connectivity index (χ1n) is 5.24. The van der Waals surface area contributed by atoms with Crippen LogP contribution in [0.5, 0.6) is 0 Å². The Morgan fingerprint density at radius 2 is 2.12 bits per heavy atom. The van der Waals surface area contributed by atoms with E-state index in [1.165, 1.54) is 0 Å². The van der Waals surface area contributed by atoms with E-state index in [1.54, 1.807) is 31.2 Å². The number of sulfone groups is 1. The molecule has 0 radical (unpaired) electrons. The first kappa shape index (κ1) is 12.7. The summed E-state index contributed by atoms with van der Waals surface area (Å²) in [5.41, 5.74) is -0.253. The van der Waals surface area contributed by atoms with Crippen LogP contribution in [0.3, 0.4) is 0 Å². The third-order valence-electron chi connectivity index (χ3n) is 2.96. The van der Waals surface area contributed by atoms with E-state index in [-0.39, 0.29) is 11.5 Å². The summed E-state index contributed by atoms with van der Waals surface area (Å²) in [6.07, 6.45) is -0.927. The Balaban J connectivity index is 2.27. The fraction of sp³-hybridized carbons (Fsp3) is 0.455. The first-order chi connectivity index (χ1) is 7.82. The molecule has 94 valence electrons. The number of nitrogens with one attached hydrogen (secondary N) is 1. The Morgan fingerprint density at radius 1 is 1.47 bits per heavy atom. The molecule has 0 bridgehead atoms. The van der Waals surface area contributed by atoms with Crippen molar-refractivity contribution in [2.24, 2.45) is 0 Å². The molecular formula is C11H14ClNO3S. The molecule has 1 aliphatic heterocycles. The van der Waals surface area contributed by atoms with E-state index in [4.69, 9.17) is 11.6 Å². The largest absolute Gasteiger partial charge is 0.390 e. The van der Waals surface area contributed by atoms with Gasteiger partial charge in [0, 0.05) is 0 Å². The number of hydrogen-bond donors (Lipinski definition) is 2. The molecule has 2 rings (SSSR count). The van der Waals surface area contributed by atoms with E-state index in [1.807, 2.05) is 0 Å². The summed E-state index contributed by atoms with van der Waals surface area (Å²) in [5, 5.41) is 13.4. The van der Waals surface area contributed by atoms with Gasteiger partial charge in [0.1, 0.15) is 0 Å². The fourth-order valence-electron chi connectivity index (χ4n) is 2.03. The second-order valence-electron chi connectivity index (χ2n) is 4.59. The summed E-state index contributed by atoms with van der Waals surface area (Å²) in [4.78, 5) is 0. The van der Waals surface area contributed by atoms with Gasteiger partial charge in [-0.3, -0.25) is 0 Å². The number of para-hydroxylation sites is 1. The molecule has 6 heteroatoms. The van der Waals surface area contributed by atoms with E-state index in [0.717, 1.165) is 0 Å². The molecule has 1 aromatic carbocycles. The number of rotatable bonds is 2. The number of aliphatic hydroxyl groups is 1. The Hall–Kier alpha value is -0.780. The summed E-state index contributed by atoms with van der Waals surface area (Å²) >= 11 is 5.99. The minimum atomic E-state index is -3.19. The molecule has 1 aliphatic rings. The summed E-state index contributed by atoms with van der Waals surface area (Å²) in [6, 6.07) is 7.05. The van der Waals surface area contributed by atoms with Crippen LogP contribution in [0, 0.1) is 0 Å². The van der Waals surface area contributed by atoms with Crippen LogP contribution in [0.1, 0.15) is 6.92 Å². The molecule has 1 heterocycles. The molecule has 2 N–H and O–H groups in total. The molecular weight excluding hydrogens is 262 g/mol. The fourth-order valence-corrected chi connectivity index (χ4v) is 4.35. The number of halogens is 1. The van der Waals surface area contributed by atoms with Gasteiger partial charge < -0.3 is 10.4 Å². The predicted octanol–water partition coefficient (Wildman–Crippen LogP) is 1.30. The molecule has 0 aliphatic carbocycles. The maximum atomic E-state index is 11.5. The van der Waals surface area contributed by atoms with Crippen LogP contribution in [0.15, 0.2) is 24.3 Å². The molecule has 4 nitrogen and oxygen atoms in total. The third-order valence-corrected chi connectivity index (χ3v) is 5.15. The maximum absolute atomic E-state index is 11.5. The molecule has 17 heavy (non-hydrogen) atoms. The van der Waals surface area contributed by atoms with Crippen molar-refractivity contribution in [1.82, 2.24) is 0 Å². The Kier molecular flexibility index (Phi) is 3.10. The van der Waals surface area contributed by atoms with Crippen molar-refractivity contribution in [3.63, 3.8) is 0 Å². The lowest BCUT2D eigenvalue weighted by Crippen LogP contribution is -2.45. The molecule has 0 saturated carbocycles. The predicted molar refractivity (Wildman–Crippen MR) is 68.1 cm³/mol. The van der Waals surface area contributed by atoms with Gasteiger partial charge in [-0.05, 0) is 19.1 Å². The lowest BCUT2D eigenvalue weighted by molar-refractivity contribution is 0.147. The van der Waals surface area contributed by atoms with Gasteiger partial charge in [0.15, 0.2) is 9.84 Å². The quantitative estimate of drug-likeness (QED) is 0.854.